The monoisotopic (exact) mass is 378 g/mol. The van der Waals surface area contributed by atoms with Gasteiger partial charge >= 0.3 is 0 Å². The Morgan fingerprint density at radius 3 is 2.22 bits per heavy atom. The second-order valence-corrected chi connectivity index (χ2v) is 6.44. The Bertz CT molecular complexity index is 928. The molecular weight excluding hydrogens is 360 g/mol. The van der Waals surface area contributed by atoms with Crippen LogP contribution in [0, 0.1) is 0 Å². The Kier molecular flexibility index (Phi) is 6.23. The number of carbonyl (C=O) groups is 2. The molecule has 0 fully saturated rings. The smallest absolute Gasteiger partial charge is 0.239 e. The molecule has 2 N–H and O–H groups in total. The van der Waals surface area contributed by atoms with E-state index >= 15 is 0 Å². The lowest BCUT2D eigenvalue weighted by atomic mass is 10.0. The molecule has 3 aromatic rings. The Hall–Kier alpha value is -3.11. The van der Waals surface area contributed by atoms with Crippen LogP contribution in [0.15, 0.2) is 78.9 Å². The molecule has 0 aromatic heterocycles. The fourth-order valence-electron chi connectivity index (χ4n) is 2.64. The summed E-state index contributed by atoms with van der Waals surface area (Å²) in [5, 5.41) is 6.35. The molecular formula is C22H19ClN2O2. The summed E-state index contributed by atoms with van der Waals surface area (Å²) < 4.78 is 0. The van der Waals surface area contributed by atoms with E-state index in [9.17, 15) is 9.59 Å². The fourth-order valence-corrected chi connectivity index (χ4v) is 2.81. The van der Waals surface area contributed by atoms with Crippen molar-refractivity contribution in [2.24, 2.45) is 0 Å². The molecule has 0 atom stereocenters. The van der Waals surface area contributed by atoms with E-state index in [4.69, 9.17) is 11.6 Å². The number of ketones is 1. The molecule has 3 aromatic carbocycles. The van der Waals surface area contributed by atoms with E-state index in [0.717, 1.165) is 5.56 Å². The van der Waals surface area contributed by atoms with E-state index in [1.54, 1.807) is 30.3 Å². The molecule has 4 nitrogen and oxygen atoms in total. The highest BCUT2D eigenvalue weighted by Crippen LogP contribution is 2.23. The van der Waals surface area contributed by atoms with Crippen LogP contribution >= 0.6 is 11.6 Å². The first-order chi connectivity index (χ1) is 13.1. The minimum absolute atomic E-state index is 0.0591. The minimum atomic E-state index is -0.160. The standard InChI is InChI=1S/C22H19ClN2O2/c23-18-11-12-20(19(13-18)22(27)17-9-5-2-6-10-17)24-15-21(26)25-14-16-7-3-1-4-8-16/h1-13,24H,14-15H2,(H,25,26). The van der Waals surface area contributed by atoms with Gasteiger partial charge in [0.1, 0.15) is 0 Å². The number of hydrogen-bond donors (Lipinski definition) is 2. The van der Waals surface area contributed by atoms with Gasteiger partial charge in [0.05, 0.1) is 6.54 Å². The van der Waals surface area contributed by atoms with E-state index in [1.807, 2.05) is 48.5 Å². The highest BCUT2D eigenvalue weighted by molar-refractivity contribution is 6.31. The van der Waals surface area contributed by atoms with Gasteiger partial charge in [-0.3, -0.25) is 9.59 Å². The number of rotatable bonds is 7. The third-order valence-electron chi connectivity index (χ3n) is 4.03. The number of carbonyl (C=O) groups excluding carboxylic acids is 2. The van der Waals surface area contributed by atoms with E-state index in [-0.39, 0.29) is 18.2 Å². The third kappa shape index (κ3) is 5.19. The van der Waals surface area contributed by atoms with Gasteiger partial charge < -0.3 is 10.6 Å². The normalized spacial score (nSPS) is 10.3. The molecule has 0 saturated carbocycles. The van der Waals surface area contributed by atoms with Gasteiger partial charge in [-0.05, 0) is 23.8 Å². The summed E-state index contributed by atoms with van der Waals surface area (Å²) >= 11 is 6.07. The quantitative estimate of drug-likeness (QED) is 0.603. The van der Waals surface area contributed by atoms with Crippen molar-refractivity contribution in [3.8, 4) is 0 Å². The molecule has 0 heterocycles. The molecule has 0 aliphatic rings. The molecule has 1 amide bonds. The Morgan fingerprint density at radius 1 is 0.852 bits per heavy atom. The number of halogens is 1. The van der Waals surface area contributed by atoms with E-state index in [1.165, 1.54) is 0 Å². The van der Waals surface area contributed by atoms with Crippen molar-refractivity contribution in [3.05, 3.63) is 101 Å². The number of benzene rings is 3. The predicted molar refractivity (Wildman–Crippen MR) is 108 cm³/mol. The first-order valence-corrected chi connectivity index (χ1v) is 8.95. The zero-order valence-corrected chi connectivity index (χ0v) is 15.4. The van der Waals surface area contributed by atoms with E-state index < -0.39 is 0 Å². The molecule has 0 radical (unpaired) electrons. The number of hydrogen-bond acceptors (Lipinski definition) is 3. The van der Waals surface area contributed by atoms with Crippen LogP contribution in [0.1, 0.15) is 21.5 Å². The van der Waals surface area contributed by atoms with Crippen LogP contribution < -0.4 is 10.6 Å². The van der Waals surface area contributed by atoms with Crippen LogP contribution in [0.25, 0.3) is 0 Å². The summed E-state index contributed by atoms with van der Waals surface area (Å²) in [5.74, 6) is -0.308. The summed E-state index contributed by atoms with van der Waals surface area (Å²) in [4.78, 5) is 24.9. The Balaban J connectivity index is 1.66. The van der Waals surface area contributed by atoms with Crippen LogP contribution in [0.2, 0.25) is 5.02 Å². The van der Waals surface area contributed by atoms with Gasteiger partial charge in [-0.15, -0.1) is 0 Å². The maximum Gasteiger partial charge on any atom is 0.239 e. The fraction of sp³-hybridized carbons (Fsp3) is 0.0909. The van der Waals surface area contributed by atoms with Gasteiger partial charge in [0.25, 0.3) is 0 Å². The summed E-state index contributed by atoms with van der Waals surface area (Å²) in [7, 11) is 0. The van der Waals surface area contributed by atoms with Gasteiger partial charge in [-0.25, -0.2) is 0 Å². The Labute approximate surface area is 163 Å². The number of nitrogens with one attached hydrogen (secondary N) is 2. The van der Waals surface area contributed by atoms with Crippen molar-refractivity contribution in [3.63, 3.8) is 0 Å². The Morgan fingerprint density at radius 2 is 1.52 bits per heavy atom. The van der Waals surface area contributed by atoms with Crippen LogP contribution in [-0.2, 0) is 11.3 Å². The minimum Gasteiger partial charge on any atom is -0.376 e. The first-order valence-electron chi connectivity index (χ1n) is 8.57. The second-order valence-electron chi connectivity index (χ2n) is 6.00. The van der Waals surface area contributed by atoms with Gasteiger partial charge in [-0.2, -0.15) is 0 Å². The van der Waals surface area contributed by atoms with Crippen molar-refractivity contribution in [2.45, 2.75) is 6.54 Å². The van der Waals surface area contributed by atoms with Crippen LogP contribution in [0.5, 0.6) is 0 Å². The lowest BCUT2D eigenvalue weighted by Gasteiger charge is -2.12. The van der Waals surface area contributed by atoms with Crippen LogP contribution in [-0.4, -0.2) is 18.2 Å². The van der Waals surface area contributed by atoms with Crippen molar-refractivity contribution in [1.82, 2.24) is 5.32 Å². The zero-order valence-electron chi connectivity index (χ0n) is 14.6. The number of anilines is 1. The summed E-state index contributed by atoms with van der Waals surface area (Å²) in [6, 6.07) is 23.7. The molecule has 0 aliphatic carbocycles. The second kappa shape index (κ2) is 9.01. The van der Waals surface area contributed by atoms with Crippen LogP contribution in [0.3, 0.4) is 0 Å². The molecule has 27 heavy (non-hydrogen) atoms. The average Bonchev–Trinajstić information content (AvgIpc) is 2.72. The maximum absolute atomic E-state index is 12.8. The highest BCUT2D eigenvalue weighted by Gasteiger charge is 2.15. The third-order valence-corrected chi connectivity index (χ3v) is 4.27. The van der Waals surface area contributed by atoms with E-state index in [2.05, 4.69) is 10.6 Å². The summed E-state index contributed by atoms with van der Waals surface area (Å²) in [6.07, 6.45) is 0. The summed E-state index contributed by atoms with van der Waals surface area (Å²) in [6.45, 7) is 0.515. The molecule has 3 rings (SSSR count). The number of amides is 1. The van der Waals surface area contributed by atoms with Crippen molar-refractivity contribution < 1.29 is 9.59 Å². The lowest BCUT2D eigenvalue weighted by Crippen LogP contribution is -2.29. The molecule has 136 valence electrons. The topological polar surface area (TPSA) is 58.2 Å². The first kappa shape index (κ1) is 18.7. The molecule has 0 spiro atoms. The van der Waals surface area contributed by atoms with Gasteiger partial charge in [0.2, 0.25) is 5.91 Å². The zero-order chi connectivity index (χ0) is 19.1. The largest absolute Gasteiger partial charge is 0.376 e. The molecule has 5 heteroatoms. The predicted octanol–water partition coefficient (Wildman–Crippen LogP) is 4.30. The van der Waals surface area contributed by atoms with E-state index in [0.29, 0.717) is 28.4 Å². The average molecular weight is 379 g/mol. The molecule has 0 saturated heterocycles. The van der Waals surface area contributed by atoms with Crippen molar-refractivity contribution in [2.75, 3.05) is 11.9 Å². The van der Waals surface area contributed by atoms with Gasteiger partial charge in [0.15, 0.2) is 5.78 Å². The maximum atomic E-state index is 12.8. The van der Waals surface area contributed by atoms with Gasteiger partial charge in [-0.1, -0.05) is 72.3 Å². The molecule has 0 bridgehead atoms. The van der Waals surface area contributed by atoms with Crippen molar-refractivity contribution in [1.29, 1.82) is 0 Å². The van der Waals surface area contributed by atoms with Gasteiger partial charge in [0, 0.05) is 28.4 Å². The molecule has 0 unspecified atom stereocenters. The highest BCUT2D eigenvalue weighted by atomic mass is 35.5. The summed E-state index contributed by atoms with van der Waals surface area (Å²) in [5.41, 5.74) is 2.60. The van der Waals surface area contributed by atoms with Crippen LogP contribution in [0.4, 0.5) is 5.69 Å². The van der Waals surface area contributed by atoms with Crippen molar-refractivity contribution >= 4 is 29.0 Å². The molecule has 0 aliphatic heterocycles. The lowest BCUT2D eigenvalue weighted by molar-refractivity contribution is -0.119. The SMILES string of the molecule is O=C(CNc1ccc(Cl)cc1C(=O)c1ccccc1)NCc1ccccc1.